The number of hydrogen-bond donors (Lipinski definition) is 0. The second-order valence-electron chi connectivity index (χ2n) is 4.84. The molecule has 0 atom stereocenters. The van der Waals surface area contributed by atoms with Crippen LogP contribution in [0.4, 0.5) is 0 Å². The van der Waals surface area contributed by atoms with Gasteiger partial charge in [-0.25, -0.2) is 0 Å². The highest BCUT2D eigenvalue weighted by Crippen LogP contribution is 2.32. The van der Waals surface area contributed by atoms with Crippen molar-refractivity contribution >= 4 is 5.78 Å². The van der Waals surface area contributed by atoms with Gasteiger partial charge in [0.05, 0.1) is 11.8 Å². The van der Waals surface area contributed by atoms with E-state index in [2.05, 4.69) is 5.10 Å². The summed E-state index contributed by atoms with van der Waals surface area (Å²) in [6.07, 6.45) is 9.60. The first-order chi connectivity index (χ1) is 8.18. The molecule has 1 aliphatic rings. The Kier molecular flexibility index (Phi) is 3.62. The van der Waals surface area contributed by atoms with Crippen molar-refractivity contribution in [2.75, 3.05) is 7.11 Å². The number of rotatable bonds is 3. The maximum Gasteiger partial charge on any atom is 0.197 e. The van der Waals surface area contributed by atoms with Gasteiger partial charge in [0.25, 0.3) is 0 Å². The van der Waals surface area contributed by atoms with Gasteiger partial charge in [-0.1, -0.05) is 25.7 Å². The van der Waals surface area contributed by atoms with Gasteiger partial charge in [-0.05, 0) is 12.8 Å². The molecule has 0 unspecified atom stereocenters. The highest BCUT2D eigenvalue weighted by molar-refractivity contribution is 6.02. The minimum atomic E-state index is -0.612. The summed E-state index contributed by atoms with van der Waals surface area (Å²) < 4.78 is 7.26. The fraction of sp³-hybridized carbons (Fsp3) is 0.692. The van der Waals surface area contributed by atoms with Crippen molar-refractivity contribution in [1.29, 1.82) is 0 Å². The van der Waals surface area contributed by atoms with Crippen molar-refractivity contribution in [3.8, 4) is 0 Å². The number of ether oxygens (including phenoxy) is 1. The van der Waals surface area contributed by atoms with Crippen molar-refractivity contribution in [1.82, 2.24) is 9.78 Å². The number of Topliss-reactive ketones (excluding diaryl/α,β-unsaturated/α-hetero) is 1. The van der Waals surface area contributed by atoms with E-state index in [-0.39, 0.29) is 5.78 Å². The van der Waals surface area contributed by atoms with E-state index < -0.39 is 5.60 Å². The largest absolute Gasteiger partial charge is 0.370 e. The van der Waals surface area contributed by atoms with Crippen LogP contribution in [0.15, 0.2) is 12.4 Å². The van der Waals surface area contributed by atoms with Gasteiger partial charge in [0, 0.05) is 20.4 Å². The Bertz CT molecular complexity index is 390. The molecule has 1 aliphatic carbocycles. The van der Waals surface area contributed by atoms with Crippen molar-refractivity contribution in [2.24, 2.45) is 7.05 Å². The number of hydrogen-bond acceptors (Lipinski definition) is 3. The Labute approximate surface area is 102 Å². The van der Waals surface area contributed by atoms with E-state index in [0.29, 0.717) is 5.56 Å². The number of carbonyl (C=O) groups is 1. The van der Waals surface area contributed by atoms with E-state index in [9.17, 15) is 4.79 Å². The number of methoxy groups -OCH3 is 1. The molecule has 2 rings (SSSR count). The third-order valence-electron chi connectivity index (χ3n) is 3.68. The quantitative estimate of drug-likeness (QED) is 0.597. The Balaban J connectivity index is 2.24. The number of aromatic nitrogens is 2. The minimum absolute atomic E-state index is 0.0926. The Hall–Kier alpha value is -1.16. The molecule has 1 aromatic heterocycles. The third kappa shape index (κ3) is 2.41. The van der Waals surface area contributed by atoms with Gasteiger partial charge >= 0.3 is 0 Å². The lowest BCUT2D eigenvalue weighted by atomic mass is 9.87. The second-order valence-corrected chi connectivity index (χ2v) is 4.84. The molecule has 1 aromatic rings. The van der Waals surface area contributed by atoms with E-state index >= 15 is 0 Å². The lowest BCUT2D eigenvalue weighted by Gasteiger charge is -2.29. The van der Waals surface area contributed by atoms with Gasteiger partial charge in [-0.2, -0.15) is 5.10 Å². The molecule has 1 saturated carbocycles. The average molecular weight is 236 g/mol. The monoisotopic (exact) mass is 236 g/mol. The Morgan fingerprint density at radius 2 is 2.00 bits per heavy atom. The molecule has 0 saturated heterocycles. The first kappa shape index (κ1) is 12.3. The van der Waals surface area contributed by atoms with Gasteiger partial charge in [-0.15, -0.1) is 0 Å². The standard InChI is InChI=1S/C13H20N2O2/c1-15-10-11(9-14-15)12(16)13(17-2)7-5-3-4-6-8-13/h9-10H,3-8H2,1-2H3. The summed E-state index contributed by atoms with van der Waals surface area (Å²) >= 11 is 0. The van der Waals surface area contributed by atoms with Crippen LogP contribution in [-0.2, 0) is 11.8 Å². The molecule has 94 valence electrons. The molecule has 1 heterocycles. The van der Waals surface area contributed by atoms with E-state index in [0.717, 1.165) is 25.7 Å². The summed E-state index contributed by atoms with van der Waals surface area (Å²) in [6.45, 7) is 0. The maximum atomic E-state index is 12.5. The molecular formula is C13H20N2O2. The maximum absolute atomic E-state index is 12.5. The molecule has 0 amide bonds. The number of nitrogens with zero attached hydrogens (tertiary/aromatic N) is 2. The van der Waals surface area contributed by atoms with Crippen LogP contribution in [0, 0.1) is 0 Å². The van der Waals surface area contributed by atoms with E-state index in [1.807, 2.05) is 7.05 Å². The van der Waals surface area contributed by atoms with E-state index in [1.54, 1.807) is 24.2 Å². The molecule has 0 aliphatic heterocycles. The fourth-order valence-corrected chi connectivity index (χ4v) is 2.63. The lowest BCUT2D eigenvalue weighted by Crippen LogP contribution is -2.40. The number of ketones is 1. The molecular weight excluding hydrogens is 216 g/mol. The fourth-order valence-electron chi connectivity index (χ4n) is 2.63. The normalized spacial score (nSPS) is 19.9. The summed E-state index contributed by atoms with van der Waals surface area (Å²) in [4.78, 5) is 12.5. The molecule has 17 heavy (non-hydrogen) atoms. The number of aryl methyl sites for hydroxylation is 1. The van der Waals surface area contributed by atoms with Crippen LogP contribution in [0.2, 0.25) is 0 Å². The predicted octanol–water partition coefficient (Wildman–Crippen LogP) is 2.34. The molecule has 0 spiro atoms. The summed E-state index contributed by atoms with van der Waals surface area (Å²) in [5.41, 5.74) is 0.0516. The molecule has 0 bridgehead atoms. The number of carbonyl (C=O) groups excluding carboxylic acids is 1. The topological polar surface area (TPSA) is 44.1 Å². The molecule has 4 heteroatoms. The zero-order chi connectivity index (χ0) is 12.3. The minimum Gasteiger partial charge on any atom is -0.370 e. The molecule has 0 radical (unpaired) electrons. The van der Waals surface area contributed by atoms with Gasteiger partial charge in [0.1, 0.15) is 5.60 Å². The van der Waals surface area contributed by atoms with Crippen LogP contribution in [0.3, 0.4) is 0 Å². The van der Waals surface area contributed by atoms with Gasteiger partial charge in [0.15, 0.2) is 5.78 Å². The predicted molar refractivity (Wildman–Crippen MR) is 65.0 cm³/mol. The second kappa shape index (κ2) is 5.00. The summed E-state index contributed by atoms with van der Waals surface area (Å²) in [7, 11) is 3.48. The molecule has 1 fully saturated rings. The highest BCUT2D eigenvalue weighted by atomic mass is 16.5. The molecule has 0 aromatic carbocycles. The first-order valence-electron chi connectivity index (χ1n) is 6.26. The lowest BCUT2D eigenvalue weighted by molar-refractivity contribution is -0.00692. The van der Waals surface area contributed by atoms with E-state index in [1.165, 1.54) is 12.8 Å². The van der Waals surface area contributed by atoms with Gasteiger partial charge < -0.3 is 4.74 Å². The van der Waals surface area contributed by atoms with Crippen LogP contribution in [0.1, 0.15) is 48.9 Å². The molecule has 4 nitrogen and oxygen atoms in total. The summed E-state index contributed by atoms with van der Waals surface area (Å²) in [5, 5.41) is 4.06. The van der Waals surface area contributed by atoms with Crippen LogP contribution >= 0.6 is 0 Å². The van der Waals surface area contributed by atoms with Crippen LogP contribution < -0.4 is 0 Å². The zero-order valence-electron chi connectivity index (χ0n) is 10.6. The summed E-state index contributed by atoms with van der Waals surface area (Å²) in [5.74, 6) is 0.0926. The SMILES string of the molecule is COC1(C(=O)c2cnn(C)c2)CCCCCC1. The van der Waals surface area contributed by atoms with Crippen LogP contribution in [-0.4, -0.2) is 28.3 Å². The third-order valence-corrected chi connectivity index (χ3v) is 3.68. The van der Waals surface area contributed by atoms with Crippen molar-refractivity contribution in [3.05, 3.63) is 18.0 Å². The average Bonchev–Trinajstić information content (AvgIpc) is 2.64. The van der Waals surface area contributed by atoms with Crippen molar-refractivity contribution in [2.45, 2.75) is 44.1 Å². The molecule has 0 N–H and O–H groups in total. The van der Waals surface area contributed by atoms with Crippen molar-refractivity contribution in [3.63, 3.8) is 0 Å². The van der Waals surface area contributed by atoms with Crippen LogP contribution in [0.25, 0.3) is 0 Å². The van der Waals surface area contributed by atoms with Crippen LogP contribution in [0.5, 0.6) is 0 Å². The van der Waals surface area contributed by atoms with Gasteiger partial charge in [0.2, 0.25) is 0 Å². The smallest absolute Gasteiger partial charge is 0.197 e. The first-order valence-corrected chi connectivity index (χ1v) is 6.26. The zero-order valence-corrected chi connectivity index (χ0v) is 10.6. The Morgan fingerprint density at radius 3 is 2.47 bits per heavy atom. The van der Waals surface area contributed by atoms with Gasteiger partial charge in [-0.3, -0.25) is 9.48 Å². The highest BCUT2D eigenvalue weighted by Gasteiger charge is 2.39. The van der Waals surface area contributed by atoms with Crippen molar-refractivity contribution < 1.29 is 9.53 Å². The Morgan fingerprint density at radius 1 is 1.35 bits per heavy atom. The summed E-state index contributed by atoms with van der Waals surface area (Å²) in [6, 6.07) is 0. The van der Waals surface area contributed by atoms with E-state index in [4.69, 9.17) is 4.74 Å².